The summed E-state index contributed by atoms with van der Waals surface area (Å²) >= 11 is 1.10. The highest BCUT2D eigenvalue weighted by Gasteiger charge is 2.08. The molecule has 1 aromatic carbocycles. The first-order chi connectivity index (χ1) is 9.56. The van der Waals surface area contributed by atoms with Gasteiger partial charge in [0.15, 0.2) is 0 Å². The first-order valence-electron chi connectivity index (χ1n) is 5.66. The van der Waals surface area contributed by atoms with Crippen LogP contribution in [0.15, 0.2) is 30.5 Å². The van der Waals surface area contributed by atoms with Gasteiger partial charge in [0.25, 0.3) is 5.91 Å². The van der Waals surface area contributed by atoms with Crippen LogP contribution in [0.4, 0.5) is 5.00 Å². The Morgan fingerprint density at radius 1 is 1.40 bits per heavy atom. The molecule has 0 spiro atoms. The van der Waals surface area contributed by atoms with Gasteiger partial charge in [0, 0.05) is 23.2 Å². The molecule has 2 rings (SSSR count). The summed E-state index contributed by atoms with van der Waals surface area (Å²) in [6.07, 6.45) is 4.02. The molecule has 1 amide bonds. The average molecular weight is 289 g/mol. The maximum absolute atomic E-state index is 12.0. The zero-order chi connectivity index (χ0) is 14.5. The molecule has 0 aliphatic heterocycles. The highest BCUT2D eigenvalue weighted by molar-refractivity contribution is 7.10. The number of carboxylic acid groups (broad SMARTS) is 1. The number of rotatable bonds is 4. The van der Waals surface area contributed by atoms with Crippen molar-refractivity contribution >= 4 is 34.5 Å². The normalized spacial score (nSPS) is 10.7. The lowest BCUT2D eigenvalue weighted by atomic mass is 10.0. The van der Waals surface area contributed by atoms with Crippen LogP contribution >= 0.6 is 11.5 Å². The maximum Gasteiger partial charge on any atom is 0.328 e. The Labute approximate surface area is 118 Å². The predicted molar refractivity (Wildman–Crippen MR) is 75.7 cm³/mol. The number of aryl methyl sites for hydroxylation is 1. The Morgan fingerprint density at radius 2 is 2.20 bits per heavy atom. The molecule has 0 fully saturated rings. The van der Waals surface area contributed by atoms with Crippen LogP contribution in [0.2, 0.25) is 0 Å². The molecule has 0 saturated carbocycles. The van der Waals surface area contributed by atoms with Crippen LogP contribution in [-0.4, -0.2) is 26.6 Å². The molecule has 2 N–H and O–H groups in total. The van der Waals surface area contributed by atoms with Crippen LogP contribution in [0.3, 0.4) is 0 Å². The van der Waals surface area contributed by atoms with Crippen LogP contribution in [0, 0.1) is 6.92 Å². The quantitative estimate of drug-likeness (QED) is 0.842. The number of nitrogens with one attached hydrogen (secondary N) is 1. The van der Waals surface area contributed by atoms with Crippen molar-refractivity contribution in [2.45, 2.75) is 6.92 Å². The monoisotopic (exact) mass is 289 g/mol. The van der Waals surface area contributed by atoms with Crippen LogP contribution in [0.25, 0.3) is 6.08 Å². The number of nitrogens with zero attached hydrogens (tertiary/aromatic N) is 2. The van der Waals surface area contributed by atoms with Crippen molar-refractivity contribution in [2.75, 3.05) is 5.32 Å². The minimum atomic E-state index is -1.01. The number of aromatic nitrogens is 2. The van der Waals surface area contributed by atoms with Gasteiger partial charge in [-0.1, -0.05) is 10.6 Å². The number of carbonyl (C=O) groups is 2. The second-order valence-corrected chi connectivity index (χ2v) is 4.76. The highest BCUT2D eigenvalue weighted by Crippen LogP contribution is 2.16. The smallest absolute Gasteiger partial charge is 0.328 e. The molecule has 2 aromatic rings. The average Bonchev–Trinajstić information content (AvgIpc) is 2.89. The van der Waals surface area contributed by atoms with Gasteiger partial charge in [0.1, 0.15) is 5.00 Å². The number of carboxylic acids is 1. The van der Waals surface area contributed by atoms with Crippen LogP contribution < -0.4 is 5.32 Å². The summed E-state index contributed by atoms with van der Waals surface area (Å²) < 4.78 is 3.65. The van der Waals surface area contributed by atoms with Crippen LogP contribution in [-0.2, 0) is 4.79 Å². The van der Waals surface area contributed by atoms with E-state index in [2.05, 4.69) is 14.9 Å². The fourth-order valence-corrected chi connectivity index (χ4v) is 1.99. The van der Waals surface area contributed by atoms with Gasteiger partial charge in [-0.05, 0) is 36.3 Å². The zero-order valence-corrected chi connectivity index (χ0v) is 11.3. The molecule has 0 unspecified atom stereocenters. The SMILES string of the molecule is Cc1cc(C(=O)Nc2cnns2)ccc1/C=C/C(=O)O. The summed E-state index contributed by atoms with van der Waals surface area (Å²) in [5, 5.41) is 15.5. The maximum atomic E-state index is 12.0. The molecule has 0 saturated heterocycles. The number of hydrogen-bond acceptors (Lipinski definition) is 5. The van der Waals surface area contributed by atoms with E-state index in [9.17, 15) is 9.59 Å². The number of amides is 1. The van der Waals surface area contributed by atoms with E-state index in [0.29, 0.717) is 10.6 Å². The molecule has 20 heavy (non-hydrogen) atoms. The van der Waals surface area contributed by atoms with Gasteiger partial charge in [-0.25, -0.2) is 4.79 Å². The van der Waals surface area contributed by atoms with Crippen molar-refractivity contribution in [3.63, 3.8) is 0 Å². The third kappa shape index (κ3) is 3.48. The topological polar surface area (TPSA) is 92.2 Å². The molecule has 0 atom stereocenters. The van der Waals surface area contributed by atoms with Gasteiger partial charge in [-0.3, -0.25) is 4.79 Å². The van der Waals surface area contributed by atoms with E-state index in [4.69, 9.17) is 5.11 Å². The van der Waals surface area contributed by atoms with E-state index in [-0.39, 0.29) is 5.91 Å². The molecule has 7 heteroatoms. The molecule has 102 valence electrons. The van der Waals surface area contributed by atoms with Gasteiger partial charge < -0.3 is 10.4 Å². The van der Waals surface area contributed by atoms with Crippen molar-refractivity contribution in [3.8, 4) is 0 Å². The lowest BCUT2D eigenvalue weighted by Gasteiger charge is -2.05. The Bertz CT molecular complexity index is 666. The lowest BCUT2D eigenvalue weighted by Crippen LogP contribution is -2.11. The van der Waals surface area contributed by atoms with E-state index < -0.39 is 5.97 Å². The summed E-state index contributed by atoms with van der Waals surface area (Å²) in [4.78, 5) is 22.4. The standard InChI is InChI=1S/C13H11N3O3S/c1-8-6-10(3-2-9(8)4-5-12(17)18)13(19)15-11-7-14-16-20-11/h2-7H,1H3,(H,15,19)(H,17,18)/b5-4+. The van der Waals surface area contributed by atoms with Gasteiger partial charge >= 0.3 is 5.97 Å². The van der Waals surface area contributed by atoms with Gasteiger partial charge in [0.2, 0.25) is 0 Å². The van der Waals surface area contributed by atoms with Crippen molar-refractivity contribution in [2.24, 2.45) is 0 Å². The van der Waals surface area contributed by atoms with E-state index in [1.165, 1.54) is 12.3 Å². The number of carbonyl (C=O) groups excluding carboxylic acids is 1. The third-order valence-electron chi connectivity index (χ3n) is 2.54. The molecule has 0 bridgehead atoms. The van der Waals surface area contributed by atoms with Gasteiger partial charge in [-0.2, -0.15) is 0 Å². The molecular weight excluding hydrogens is 278 g/mol. The molecule has 0 radical (unpaired) electrons. The van der Waals surface area contributed by atoms with Crippen LogP contribution in [0.1, 0.15) is 21.5 Å². The highest BCUT2D eigenvalue weighted by atomic mass is 32.1. The Hall–Kier alpha value is -2.54. The first-order valence-corrected chi connectivity index (χ1v) is 6.44. The molecule has 1 heterocycles. The number of benzene rings is 1. The Kier molecular flexibility index (Phi) is 4.21. The second-order valence-electron chi connectivity index (χ2n) is 3.98. The summed E-state index contributed by atoms with van der Waals surface area (Å²) in [5.74, 6) is -1.27. The van der Waals surface area contributed by atoms with Gasteiger partial charge in [0.05, 0.1) is 6.20 Å². The van der Waals surface area contributed by atoms with Crippen molar-refractivity contribution in [3.05, 3.63) is 47.2 Å². The van der Waals surface area contributed by atoms with Crippen molar-refractivity contribution in [1.29, 1.82) is 0 Å². The molecule has 0 aliphatic carbocycles. The van der Waals surface area contributed by atoms with E-state index in [1.807, 2.05) is 6.92 Å². The third-order valence-corrected chi connectivity index (χ3v) is 3.12. The Morgan fingerprint density at radius 3 is 2.80 bits per heavy atom. The van der Waals surface area contributed by atoms with E-state index in [0.717, 1.165) is 28.7 Å². The summed E-state index contributed by atoms with van der Waals surface area (Å²) in [6, 6.07) is 5.04. The second kappa shape index (κ2) is 6.07. The molecule has 6 nitrogen and oxygen atoms in total. The Balaban J connectivity index is 2.16. The van der Waals surface area contributed by atoms with E-state index in [1.54, 1.807) is 18.2 Å². The minimum absolute atomic E-state index is 0.257. The van der Waals surface area contributed by atoms with Gasteiger partial charge in [-0.15, -0.1) is 5.10 Å². The van der Waals surface area contributed by atoms with Crippen molar-refractivity contribution < 1.29 is 14.7 Å². The fourth-order valence-electron chi connectivity index (χ4n) is 1.57. The number of aliphatic carboxylic acids is 1. The fraction of sp³-hybridized carbons (Fsp3) is 0.0769. The van der Waals surface area contributed by atoms with Crippen LogP contribution in [0.5, 0.6) is 0 Å². The lowest BCUT2D eigenvalue weighted by molar-refractivity contribution is -0.131. The molecular formula is C13H11N3O3S. The molecule has 1 aromatic heterocycles. The van der Waals surface area contributed by atoms with Crippen molar-refractivity contribution in [1.82, 2.24) is 9.59 Å². The largest absolute Gasteiger partial charge is 0.478 e. The first kappa shape index (κ1) is 13.9. The zero-order valence-electron chi connectivity index (χ0n) is 10.5. The molecule has 0 aliphatic rings. The van der Waals surface area contributed by atoms with E-state index >= 15 is 0 Å². The summed E-state index contributed by atoms with van der Waals surface area (Å²) in [7, 11) is 0. The number of anilines is 1. The minimum Gasteiger partial charge on any atom is -0.478 e. The summed E-state index contributed by atoms with van der Waals surface area (Å²) in [6.45, 7) is 1.81. The number of hydrogen-bond donors (Lipinski definition) is 2. The summed E-state index contributed by atoms with van der Waals surface area (Å²) in [5.41, 5.74) is 2.06. The predicted octanol–water partition coefficient (Wildman–Crippen LogP) is 2.20.